The normalized spacial score (nSPS) is 19.9. The molecule has 20 heavy (non-hydrogen) atoms. The Hall–Kier alpha value is -1.85. The third-order valence-corrected chi connectivity index (χ3v) is 4.37. The summed E-state index contributed by atoms with van der Waals surface area (Å²) >= 11 is 5.98. The van der Waals surface area contributed by atoms with Crippen LogP contribution in [0.15, 0.2) is 69.8 Å². The van der Waals surface area contributed by atoms with E-state index in [9.17, 15) is 13.5 Å². The SMILES string of the molecule is CC(O)=C1C=CC(=[NH+]S(=O)(=O)c2ccccc2)C=C1Cl. The molecule has 2 rings (SSSR count). The van der Waals surface area contributed by atoms with Gasteiger partial charge in [0.25, 0.3) is 0 Å². The predicted octanol–water partition coefficient (Wildman–Crippen LogP) is 1.42. The molecule has 0 aromatic heterocycles. The van der Waals surface area contributed by atoms with Gasteiger partial charge in [-0.1, -0.05) is 29.8 Å². The average molecular weight is 311 g/mol. The lowest BCUT2D eigenvalue weighted by Crippen LogP contribution is -2.76. The molecule has 0 aliphatic heterocycles. The first kappa shape index (κ1) is 14.6. The van der Waals surface area contributed by atoms with Gasteiger partial charge >= 0.3 is 10.0 Å². The molecule has 6 heteroatoms. The van der Waals surface area contributed by atoms with Crippen LogP contribution in [0.4, 0.5) is 0 Å². The molecule has 1 aromatic carbocycles. The first-order valence-corrected chi connectivity index (χ1v) is 7.66. The quantitative estimate of drug-likeness (QED) is 0.812. The van der Waals surface area contributed by atoms with Gasteiger partial charge in [-0.15, -0.1) is 4.40 Å². The standard InChI is InChI=1S/C14H12ClNO3S/c1-10(17)13-8-7-11(9-14(13)15)16-20(18,19)12-5-3-2-4-6-12/h2-9,17H,1H3/p+1. The van der Waals surface area contributed by atoms with Crippen molar-refractivity contribution in [1.82, 2.24) is 0 Å². The summed E-state index contributed by atoms with van der Waals surface area (Å²) in [6.07, 6.45) is 4.55. The highest BCUT2D eigenvalue weighted by Crippen LogP contribution is 2.21. The van der Waals surface area contributed by atoms with E-state index in [-0.39, 0.29) is 15.7 Å². The number of halogens is 1. The number of sulfonamides is 1. The molecule has 104 valence electrons. The molecule has 0 atom stereocenters. The molecule has 2 N–H and O–H groups in total. The highest BCUT2D eigenvalue weighted by atomic mass is 35.5. The van der Waals surface area contributed by atoms with E-state index in [1.54, 1.807) is 30.4 Å². The monoisotopic (exact) mass is 310 g/mol. The second-order valence-electron chi connectivity index (χ2n) is 4.20. The van der Waals surface area contributed by atoms with Gasteiger partial charge in [0, 0.05) is 17.7 Å². The highest BCUT2D eigenvalue weighted by Gasteiger charge is 2.21. The Labute approximate surface area is 122 Å². The van der Waals surface area contributed by atoms with Gasteiger partial charge in [-0.25, -0.2) is 0 Å². The topological polar surface area (TPSA) is 68.3 Å². The van der Waals surface area contributed by atoms with Crippen molar-refractivity contribution in [2.75, 3.05) is 0 Å². The third-order valence-electron chi connectivity index (χ3n) is 2.66. The molecule has 0 unspecified atom stereocenters. The molecule has 0 fully saturated rings. The lowest BCUT2D eigenvalue weighted by molar-refractivity contribution is -0.265. The second kappa shape index (κ2) is 5.64. The molecule has 0 spiro atoms. The van der Waals surface area contributed by atoms with Gasteiger partial charge in [-0.3, -0.25) is 0 Å². The first-order valence-electron chi connectivity index (χ1n) is 5.80. The van der Waals surface area contributed by atoms with Crippen molar-refractivity contribution in [3.05, 3.63) is 64.9 Å². The molecular formula is C14H13ClNO3S+. The first-order chi connectivity index (χ1) is 9.40. The summed E-state index contributed by atoms with van der Waals surface area (Å²) in [4.78, 5) is 0.171. The van der Waals surface area contributed by atoms with Crippen LogP contribution in [-0.2, 0) is 10.0 Å². The number of rotatable bonds is 2. The van der Waals surface area contributed by atoms with Gasteiger partial charge < -0.3 is 5.11 Å². The zero-order valence-corrected chi connectivity index (χ0v) is 12.2. The summed E-state index contributed by atoms with van der Waals surface area (Å²) in [7, 11) is -3.64. The predicted molar refractivity (Wildman–Crippen MR) is 78.0 cm³/mol. The van der Waals surface area contributed by atoms with Crippen molar-refractivity contribution in [3.8, 4) is 0 Å². The minimum Gasteiger partial charge on any atom is -0.512 e. The van der Waals surface area contributed by atoms with Crippen LogP contribution in [0.3, 0.4) is 0 Å². The lowest BCUT2D eigenvalue weighted by atomic mass is 10.1. The molecule has 0 amide bonds. The van der Waals surface area contributed by atoms with Crippen LogP contribution in [-0.4, -0.2) is 19.2 Å². The van der Waals surface area contributed by atoms with E-state index in [1.165, 1.54) is 25.1 Å². The maximum absolute atomic E-state index is 12.1. The van der Waals surface area contributed by atoms with Crippen LogP contribution in [0.2, 0.25) is 0 Å². The minimum absolute atomic E-state index is 0.0764. The van der Waals surface area contributed by atoms with Crippen LogP contribution in [0.5, 0.6) is 0 Å². The van der Waals surface area contributed by atoms with E-state index in [2.05, 4.69) is 4.40 Å². The van der Waals surface area contributed by atoms with Gasteiger partial charge in [0.2, 0.25) is 5.71 Å². The second-order valence-corrected chi connectivity index (χ2v) is 6.29. The number of nitrogens with one attached hydrogen (secondary N) is 1. The van der Waals surface area contributed by atoms with E-state index in [4.69, 9.17) is 11.6 Å². The van der Waals surface area contributed by atoms with Gasteiger partial charge in [0.1, 0.15) is 4.90 Å². The van der Waals surface area contributed by atoms with E-state index >= 15 is 0 Å². The Morgan fingerprint density at radius 1 is 1.20 bits per heavy atom. The van der Waals surface area contributed by atoms with Gasteiger partial charge in [0.15, 0.2) is 0 Å². The Kier molecular flexibility index (Phi) is 4.11. The van der Waals surface area contributed by atoms with Crippen LogP contribution in [0, 0.1) is 0 Å². The summed E-state index contributed by atoms with van der Waals surface area (Å²) < 4.78 is 26.7. The van der Waals surface area contributed by atoms with Crippen molar-refractivity contribution in [1.29, 1.82) is 0 Å². The molecule has 4 nitrogen and oxygen atoms in total. The number of aliphatic hydroxyl groups is 1. The zero-order valence-electron chi connectivity index (χ0n) is 10.7. The molecule has 1 aliphatic carbocycles. The molecule has 0 saturated heterocycles. The van der Waals surface area contributed by atoms with Crippen molar-refractivity contribution in [2.45, 2.75) is 11.8 Å². The van der Waals surface area contributed by atoms with E-state index in [0.29, 0.717) is 11.3 Å². The fraction of sp³-hybridized carbons (Fsp3) is 0.0714. The Morgan fingerprint density at radius 2 is 1.85 bits per heavy atom. The smallest absolute Gasteiger partial charge is 0.393 e. The molecule has 0 saturated carbocycles. The number of hydrogen-bond donors (Lipinski definition) is 2. The molecule has 1 aliphatic rings. The van der Waals surface area contributed by atoms with E-state index < -0.39 is 10.0 Å². The average Bonchev–Trinajstić information content (AvgIpc) is 2.39. The number of hydrogen-bond acceptors (Lipinski definition) is 3. The van der Waals surface area contributed by atoms with E-state index in [1.807, 2.05) is 0 Å². The van der Waals surface area contributed by atoms with Crippen LogP contribution < -0.4 is 4.40 Å². The van der Waals surface area contributed by atoms with Crippen molar-refractivity contribution in [2.24, 2.45) is 0 Å². The van der Waals surface area contributed by atoms with Gasteiger partial charge in [0.05, 0.1) is 10.8 Å². The van der Waals surface area contributed by atoms with Crippen LogP contribution >= 0.6 is 11.6 Å². The summed E-state index contributed by atoms with van der Waals surface area (Å²) in [5.41, 5.74) is 0.804. The zero-order chi connectivity index (χ0) is 14.8. The Bertz CT molecular complexity index is 740. The maximum atomic E-state index is 12.1. The highest BCUT2D eigenvalue weighted by molar-refractivity contribution is 7.84. The molecule has 0 radical (unpaired) electrons. The molecular weight excluding hydrogens is 298 g/mol. The Balaban J connectivity index is 2.40. The van der Waals surface area contributed by atoms with Crippen molar-refractivity contribution in [3.63, 3.8) is 0 Å². The largest absolute Gasteiger partial charge is 0.512 e. The minimum atomic E-state index is -3.64. The summed E-state index contributed by atoms with van der Waals surface area (Å²) in [5, 5.41) is 9.68. The van der Waals surface area contributed by atoms with Crippen molar-refractivity contribution >= 4 is 27.3 Å². The number of benzene rings is 1. The summed E-state index contributed by atoms with van der Waals surface area (Å²) in [6, 6.07) is 8.04. The number of aliphatic hydroxyl groups excluding tert-OH is 1. The maximum Gasteiger partial charge on any atom is 0.393 e. The fourth-order valence-corrected chi connectivity index (χ4v) is 3.07. The molecule has 0 bridgehead atoms. The number of allylic oxidation sites excluding steroid dienone is 6. The van der Waals surface area contributed by atoms with Crippen molar-refractivity contribution < 1.29 is 17.9 Å². The van der Waals surface area contributed by atoms with E-state index in [0.717, 1.165) is 0 Å². The molecule has 0 heterocycles. The van der Waals surface area contributed by atoms with Gasteiger partial charge in [-0.05, 0) is 25.1 Å². The van der Waals surface area contributed by atoms with Gasteiger partial charge in [-0.2, -0.15) is 8.42 Å². The summed E-state index contributed by atoms with van der Waals surface area (Å²) in [6.45, 7) is 1.51. The molecule has 1 aromatic rings. The fourth-order valence-electron chi connectivity index (χ4n) is 1.69. The lowest BCUT2D eigenvalue weighted by Gasteiger charge is -2.05. The van der Waals surface area contributed by atoms with Crippen LogP contribution in [0.1, 0.15) is 6.92 Å². The summed E-state index contributed by atoms with van der Waals surface area (Å²) in [5.74, 6) is 0.0764. The third kappa shape index (κ3) is 3.18. The van der Waals surface area contributed by atoms with Crippen LogP contribution in [0.25, 0.3) is 0 Å². The Morgan fingerprint density at radius 3 is 2.40 bits per heavy atom.